The van der Waals surface area contributed by atoms with Crippen molar-refractivity contribution in [2.75, 3.05) is 0 Å². The molecule has 1 aliphatic rings. The van der Waals surface area contributed by atoms with Gasteiger partial charge in [-0.2, -0.15) is 0 Å². The Bertz CT molecular complexity index is 358. The van der Waals surface area contributed by atoms with E-state index in [2.05, 4.69) is 0 Å². The van der Waals surface area contributed by atoms with Crippen LogP contribution in [-0.4, -0.2) is 15.8 Å². The van der Waals surface area contributed by atoms with Gasteiger partial charge in [0.1, 0.15) is 17.1 Å². The van der Waals surface area contributed by atoms with Crippen LogP contribution in [-0.2, 0) is 0 Å². The third-order valence-electron chi connectivity index (χ3n) is 2.45. The van der Waals surface area contributed by atoms with E-state index in [9.17, 15) is 10.2 Å². The SMILES string of the molecule is CC1(C)C[C@H](O)c2c(O)cccc2O1. The zero-order valence-electron chi connectivity index (χ0n) is 8.32. The fraction of sp³-hybridized carbons (Fsp3) is 0.455. The first-order valence-corrected chi connectivity index (χ1v) is 4.68. The van der Waals surface area contributed by atoms with Crippen molar-refractivity contribution in [3.8, 4) is 11.5 Å². The highest BCUT2D eigenvalue weighted by molar-refractivity contribution is 5.47. The highest BCUT2D eigenvalue weighted by atomic mass is 16.5. The molecule has 1 aromatic rings. The summed E-state index contributed by atoms with van der Waals surface area (Å²) in [5.41, 5.74) is 0.132. The van der Waals surface area contributed by atoms with Crippen molar-refractivity contribution in [2.45, 2.75) is 32.0 Å². The Balaban J connectivity index is 2.50. The molecule has 0 aliphatic carbocycles. The molecule has 1 heterocycles. The molecule has 0 saturated heterocycles. The van der Waals surface area contributed by atoms with Crippen LogP contribution >= 0.6 is 0 Å². The van der Waals surface area contributed by atoms with E-state index in [0.29, 0.717) is 17.7 Å². The first-order chi connectivity index (χ1) is 6.49. The van der Waals surface area contributed by atoms with Crippen molar-refractivity contribution in [1.29, 1.82) is 0 Å². The molecule has 0 fully saturated rings. The second-order valence-corrected chi connectivity index (χ2v) is 4.27. The summed E-state index contributed by atoms with van der Waals surface area (Å²) >= 11 is 0. The van der Waals surface area contributed by atoms with Gasteiger partial charge in [0.2, 0.25) is 0 Å². The summed E-state index contributed by atoms with van der Waals surface area (Å²) < 4.78 is 5.65. The number of phenols is 1. The van der Waals surface area contributed by atoms with Gasteiger partial charge in [0.05, 0.1) is 11.7 Å². The molecule has 0 aromatic heterocycles. The minimum absolute atomic E-state index is 0.102. The smallest absolute Gasteiger partial charge is 0.129 e. The van der Waals surface area contributed by atoms with Gasteiger partial charge in [-0.3, -0.25) is 0 Å². The Morgan fingerprint density at radius 1 is 1.43 bits per heavy atom. The van der Waals surface area contributed by atoms with Crippen LogP contribution in [0.4, 0.5) is 0 Å². The van der Waals surface area contributed by atoms with Crippen LogP contribution in [0.5, 0.6) is 11.5 Å². The van der Waals surface area contributed by atoms with Crippen LogP contribution in [0.3, 0.4) is 0 Å². The molecular formula is C11H14O3. The Labute approximate surface area is 83.0 Å². The topological polar surface area (TPSA) is 49.7 Å². The molecule has 0 saturated carbocycles. The van der Waals surface area contributed by atoms with E-state index in [1.165, 1.54) is 0 Å². The number of rotatable bonds is 0. The van der Waals surface area contributed by atoms with Gasteiger partial charge in [-0.05, 0) is 26.0 Å². The number of hydrogen-bond acceptors (Lipinski definition) is 3. The van der Waals surface area contributed by atoms with E-state index in [-0.39, 0.29) is 11.4 Å². The predicted molar refractivity (Wildman–Crippen MR) is 52.4 cm³/mol. The van der Waals surface area contributed by atoms with E-state index < -0.39 is 6.10 Å². The highest BCUT2D eigenvalue weighted by Crippen LogP contribution is 2.43. The summed E-state index contributed by atoms with van der Waals surface area (Å²) in [7, 11) is 0. The van der Waals surface area contributed by atoms with Gasteiger partial charge in [-0.25, -0.2) is 0 Å². The summed E-state index contributed by atoms with van der Waals surface area (Å²) in [4.78, 5) is 0. The second-order valence-electron chi connectivity index (χ2n) is 4.27. The number of aromatic hydroxyl groups is 1. The lowest BCUT2D eigenvalue weighted by molar-refractivity contribution is 0.0101. The first kappa shape index (κ1) is 9.34. The minimum atomic E-state index is -0.644. The third-order valence-corrected chi connectivity index (χ3v) is 2.45. The van der Waals surface area contributed by atoms with Crippen molar-refractivity contribution in [2.24, 2.45) is 0 Å². The maximum atomic E-state index is 9.84. The van der Waals surface area contributed by atoms with Crippen molar-refractivity contribution < 1.29 is 14.9 Å². The molecule has 1 aromatic carbocycles. The van der Waals surface area contributed by atoms with Crippen molar-refractivity contribution >= 4 is 0 Å². The number of aliphatic hydroxyl groups excluding tert-OH is 1. The van der Waals surface area contributed by atoms with E-state index >= 15 is 0 Å². The Kier molecular flexibility index (Phi) is 1.93. The van der Waals surface area contributed by atoms with Crippen molar-refractivity contribution in [3.05, 3.63) is 23.8 Å². The second kappa shape index (κ2) is 2.89. The molecule has 1 aliphatic heterocycles. The van der Waals surface area contributed by atoms with Crippen LogP contribution in [0.25, 0.3) is 0 Å². The average molecular weight is 194 g/mol. The van der Waals surface area contributed by atoms with E-state index in [1.54, 1.807) is 18.2 Å². The fourth-order valence-corrected chi connectivity index (χ4v) is 1.86. The molecule has 3 heteroatoms. The summed E-state index contributed by atoms with van der Waals surface area (Å²) in [5.74, 6) is 0.680. The highest BCUT2D eigenvalue weighted by Gasteiger charge is 2.34. The molecule has 14 heavy (non-hydrogen) atoms. The monoisotopic (exact) mass is 194 g/mol. The standard InChI is InChI=1S/C11H14O3/c1-11(2)6-8(13)10-7(12)4-3-5-9(10)14-11/h3-5,8,12-13H,6H2,1-2H3/t8-/m0/s1. The molecule has 3 nitrogen and oxygen atoms in total. The first-order valence-electron chi connectivity index (χ1n) is 4.68. The van der Waals surface area contributed by atoms with Crippen molar-refractivity contribution in [3.63, 3.8) is 0 Å². The third kappa shape index (κ3) is 1.44. The molecule has 0 amide bonds. The molecule has 1 atom stereocenters. The van der Waals surface area contributed by atoms with Crippen LogP contribution in [0.1, 0.15) is 31.9 Å². The Morgan fingerprint density at radius 3 is 2.86 bits per heavy atom. The number of aliphatic hydroxyl groups is 1. The summed E-state index contributed by atoms with van der Waals surface area (Å²) in [6.45, 7) is 3.84. The largest absolute Gasteiger partial charge is 0.507 e. The lowest BCUT2D eigenvalue weighted by Crippen LogP contribution is -2.34. The zero-order chi connectivity index (χ0) is 10.3. The summed E-state index contributed by atoms with van der Waals surface area (Å²) in [6, 6.07) is 5.03. The summed E-state index contributed by atoms with van der Waals surface area (Å²) in [6.07, 6.45) is -0.146. The maximum absolute atomic E-state index is 9.84. The van der Waals surface area contributed by atoms with Crippen LogP contribution in [0.15, 0.2) is 18.2 Å². The zero-order valence-corrected chi connectivity index (χ0v) is 8.32. The number of phenolic OH excluding ortho intramolecular Hbond substituents is 1. The van der Waals surface area contributed by atoms with Crippen LogP contribution < -0.4 is 4.74 Å². The van der Waals surface area contributed by atoms with E-state index in [1.807, 2.05) is 13.8 Å². The number of benzene rings is 1. The lowest BCUT2D eigenvalue weighted by Gasteiger charge is -2.35. The molecule has 0 spiro atoms. The molecular weight excluding hydrogens is 180 g/mol. The van der Waals surface area contributed by atoms with Gasteiger partial charge in [0.25, 0.3) is 0 Å². The molecule has 0 unspecified atom stereocenters. The predicted octanol–water partition coefficient (Wildman–Crippen LogP) is 1.99. The van der Waals surface area contributed by atoms with Crippen LogP contribution in [0.2, 0.25) is 0 Å². The summed E-state index contributed by atoms with van der Waals surface area (Å²) in [5, 5.41) is 19.4. The van der Waals surface area contributed by atoms with Crippen molar-refractivity contribution in [1.82, 2.24) is 0 Å². The van der Waals surface area contributed by atoms with Gasteiger partial charge in [0, 0.05) is 6.42 Å². The lowest BCUT2D eigenvalue weighted by atomic mass is 9.91. The van der Waals surface area contributed by atoms with Gasteiger partial charge < -0.3 is 14.9 Å². The van der Waals surface area contributed by atoms with Gasteiger partial charge in [-0.15, -0.1) is 0 Å². The molecule has 0 bridgehead atoms. The Hall–Kier alpha value is -1.22. The molecule has 2 N–H and O–H groups in total. The van der Waals surface area contributed by atoms with Crippen LogP contribution in [0, 0.1) is 0 Å². The van der Waals surface area contributed by atoms with Gasteiger partial charge in [0.15, 0.2) is 0 Å². The van der Waals surface area contributed by atoms with Gasteiger partial charge in [-0.1, -0.05) is 6.07 Å². The normalized spacial score (nSPS) is 23.8. The fourth-order valence-electron chi connectivity index (χ4n) is 1.86. The van der Waals surface area contributed by atoms with E-state index in [4.69, 9.17) is 4.74 Å². The average Bonchev–Trinajstić information content (AvgIpc) is 2.00. The quantitative estimate of drug-likeness (QED) is 0.664. The maximum Gasteiger partial charge on any atom is 0.129 e. The number of hydrogen-bond donors (Lipinski definition) is 2. The van der Waals surface area contributed by atoms with Gasteiger partial charge >= 0.3 is 0 Å². The number of ether oxygens (including phenoxy) is 1. The molecule has 2 rings (SSSR count). The minimum Gasteiger partial charge on any atom is -0.507 e. The number of fused-ring (bicyclic) bond motifs is 1. The Morgan fingerprint density at radius 2 is 2.14 bits per heavy atom. The molecule has 0 radical (unpaired) electrons. The van der Waals surface area contributed by atoms with E-state index in [0.717, 1.165) is 0 Å². The molecule has 76 valence electrons.